The highest BCUT2D eigenvalue weighted by Gasteiger charge is 2.16. The van der Waals surface area contributed by atoms with E-state index in [1.807, 2.05) is 0 Å². The molecule has 18 heavy (non-hydrogen) atoms. The summed E-state index contributed by atoms with van der Waals surface area (Å²) in [6.45, 7) is 10.1. The minimum atomic E-state index is -1.10. The van der Waals surface area contributed by atoms with Crippen molar-refractivity contribution in [2.45, 2.75) is 39.7 Å². The molecule has 0 amide bonds. The first kappa shape index (κ1) is 19.4. The molecule has 0 saturated heterocycles. The van der Waals surface area contributed by atoms with E-state index in [0.717, 1.165) is 0 Å². The van der Waals surface area contributed by atoms with Gasteiger partial charge < -0.3 is 19.5 Å². The topological polar surface area (TPSA) is 87.1 Å². The van der Waals surface area contributed by atoms with Gasteiger partial charge in [-0.15, -0.1) is 0 Å². The highest BCUT2D eigenvalue weighted by Crippen LogP contribution is 2.00. The van der Waals surface area contributed by atoms with E-state index in [0.29, 0.717) is 10.5 Å². The van der Waals surface area contributed by atoms with Crippen molar-refractivity contribution in [2.75, 3.05) is 19.6 Å². The van der Waals surface area contributed by atoms with Crippen LogP contribution in [0, 0.1) is 0 Å². The summed E-state index contributed by atoms with van der Waals surface area (Å²) >= 11 is 0. The van der Waals surface area contributed by atoms with Crippen LogP contribution in [0.3, 0.4) is 0 Å². The molecule has 6 nitrogen and oxygen atoms in total. The van der Waals surface area contributed by atoms with Crippen LogP contribution in [0.4, 0.5) is 0 Å². The van der Waals surface area contributed by atoms with Crippen molar-refractivity contribution in [3.8, 4) is 0 Å². The van der Waals surface area contributed by atoms with Crippen LogP contribution in [0.2, 0.25) is 0 Å². The molecule has 0 bridgehead atoms. The Morgan fingerprint density at radius 2 is 1.61 bits per heavy atom. The second-order valence-corrected chi connectivity index (χ2v) is 4.09. The van der Waals surface area contributed by atoms with Gasteiger partial charge >= 0.3 is 11.9 Å². The van der Waals surface area contributed by atoms with Crippen LogP contribution in [-0.2, 0) is 14.0 Å². The average molecular weight is 279 g/mol. The van der Waals surface area contributed by atoms with E-state index in [2.05, 4.69) is 30.1 Å². The summed E-state index contributed by atoms with van der Waals surface area (Å²) in [5.41, 5.74) is 0. The maximum atomic E-state index is 10.2. The van der Waals surface area contributed by atoms with Crippen LogP contribution in [0.5, 0.6) is 0 Å². The number of aliphatic carboxylic acids is 2. The summed E-state index contributed by atoms with van der Waals surface area (Å²) in [5, 5.41) is 16.6. The largest absolute Gasteiger partial charge is 0.481 e. The fourth-order valence-corrected chi connectivity index (χ4v) is 1.70. The van der Waals surface area contributed by atoms with Gasteiger partial charge in [-0.25, -0.2) is 4.79 Å². The molecule has 0 radical (unpaired) electrons. The molecule has 0 rings (SSSR count). The van der Waals surface area contributed by atoms with Crippen LogP contribution in [0.1, 0.15) is 33.6 Å². The molecule has 1 atom stereocenters. The van der Waals surface area contributed by atoms with Gasteiger partial charge in [-0.3, -0.25) is 4.79 Å². The monoisotopic (exact) mass is 279 g/mol. The van der Waals surface area contributed by atoms with Gasteiger partial charge in [0.2, 0.25) is 0 Å². The lowest BCUT2D eigenvalue weighted by molar-refractivity contribution is -0.146. The molecule has 0 aromatic carbocycles. The van der Waals surface area contributed by atoms with E-state index in [9.17, 15) is 9.59 Å². The molecule has 0 aromatic rings. The fraction of sp³-hybridized carbons (Fsp3) is 0.818. The van der Waals surface area contributed by atoms with Gasteiger partial charge in [0.25, 0.3) is 0 Å². The second-order valence-electron chi connectivity index (χ2n) is 3.61. The van der Waals surface area contributed by atoms with Crippen LogP contribution in [-0.4, -0.2) is 63.3 Å². The Bertz CT molecular complexity index is 228. The maximum absolute atomic E-state index is 10.2. The summed E-state index contributed by atoms with van der Waals surface area (Å²) in [6.07, 6.45) is -1.08. The zero-order valence-electron chi connectivity index (χ0n) is 11.7. The lowest BCUT2D eigenvalue weighted by atomic mass is 10.2. The zero-order chi connectivity index (χ0) is 14.6. The number of nitrogens with zero attached hydrogens (tertiary/aromatic N) is 1. The quantitative estimate of drug-likeness (QED) is 0.606. The first-order chi connectivity index (χ1) is 8.42. The van der Waals surface area contributed by atoms with E-state index in [1.54, 1.807) is 0 Å². The number of hydrogen-bond acceptors (Lipinski definition) is 4. The van der Waals surface area contributed by atoms with Gasteiger partial charge in [0.1, 0.15) is 16.6 Å². The minimum absolute atomic E-state index is 0.0359. The van der Waals surface area contributed by atoms with Crippen molar-refractivity contribution in [1.82, 2.24) is 4.90 Å². The predicted molar refractivity (Wildman–Crippen MR) is 72.8 cm³/mol. The van der Waals surface area contributed by atoms with Crippen molar-refractivity contribution < 1.29 is 24.2 Å². The second kappa shape index (κ2) is 12.5. The summed E-state index contributed by atoms with van der Waals surface area (Å²) in [6, 6.07) is 0. The summed E-state index contributed by atoms with van der Waals surface area (Å²) in [4.78, 5) is 22.6. The Balaban J connectivity index is 0. The average Bonchev–Trinajstić information content (AvgIpc) is 2.32. The van der Waals surface area contributed by atoms with Crippen molar-refractivity contribution in [3.05, 3.63) is 0 Å². The highest BCUT2D eigenvalue weighted by atomic mass is 28.2. The molecule has 108 valence electrons. The van der Waals surface area contributed by atoms with E-state index in [-0.39, 0.29) is 12.8 Å². The normalized spacial score (nSPS) is 11.8. The third-order valence-electron chi connectivity index (χ3n) is 2.52. The molecule has 2 N–H and O–H groups in total. The first-order valence-electron chi connectivity index (χ1n) is 6.12. The molecule has 0 saturated carbocycles. The Morgan fingerprint density at radius 3 is 1.78 bits per heavy atom. The molecular formula is C11H25NO5Si. The number of hydrogen-bond donors (Lipinski definition) is 2. The molecular weight excluding hydrogens is 254 g/mol. The van der Waals surface area contributed by atoms with Crippen LogP contribution >= 0.6 is 0 Å². The van der Waals surface area contributed by atoms with Crippen molar-refractivity contribution in [2.24, 2.45) is 0 Å². The third kappa shape index (κ3) is 11.6. The highest BCUT2D eigenvalue weighted by molar-refractivity contribution is 5.99. The van der Waals surface area contributed by atoms with E-state index >= 15 is 0 Å². The molecule has 0 spiro atoms. The zero-order valence-corrected chi connectivity index (χ0v) is 13.7. The molecule has 0 fully saturated rings. The van der Waals surface area contributed by atoms with Crippen LogP contribution < -0.4 is 0 Å². The lowest BCUT2D eigenvalue weighted by Gasteiger charge is -2.13. The Morgan fingerprint density at radius 1 is 1.17 bits per heavy atom. The number of carboxylic acids is 2. The van der Waals surface area contributed by atoms with Gasteiger partial charge in [0.05, 0.1) is 0 Å². The Labute approximate surface area is 111 Å². The van der Waals surface area contributed by atoms with E-state index in [4.69, 9.17) is 10.2 Å². The summed E-state index contributed by atoms with van der Waals surface area (Å²) in [7, 11) is 0.306. The molecule has 0 aliphatic heterocycles. The van der Waals surface area contributed by atoms with Crippen molar-refractivity contribution in [3.63, 3.8) is 0 Å². The fourth-order valence-electron chi connectivity index (χ4n) is 1.27. The molecule has 0 aliphatic rings. The molecule has 1 unspecified atom stereocenters. The number of carbonyl (C=O) groups is 2. The number of rotatable bonds is 8. The SMILES string of the molecule is CCN(CC)CC.O=C(O)CCC(O[SiH3])C(=O)O. The van der Waals surface area contributed by atoms with Gasteiger partial charge in [0.15, 0.2) is 0 Å². The summed E-state index contributed by atoms with van der Waals surface area (Å²) in [5.74, 6) is -2.10. The van der Waals surface area contributed by atoms with Gasteiger partial charge in [-0.2, -0.15) is 0 Å². The Kier molecular flexibility index (Phi) is 13.5. The first-order valence-corrected chi connectivity index (χ1v) is 6.94. The number of carboxylic acid groups (broad SMARTS) is 2. The van der Waals surface area contributed by atoms with Gasteiger partial charge in [-0.1, -0.05) is 20.8 Å². The standard InChI is InChI=1S/C6H15N.C5H10O5Si/c1-4-7(5-2)6-3;6-4(7)2-1-3(10-11)5(8)9/h4-6H2,1-3H3;3H,1-2H2,11H3,(H,6,7)(H,8,9). The summed E-state index contributed by atoms with van der Waals surface area (Å²) < 4.78 is 4.64. The van der Waals surface area contributed by atoms with Crippen molar-refractivity contribution in [1.29, 1.82) is 0 Å². The maximum Gasteiger partial charge on any atom is 0.331 e. The molecule has 0 heterocycles. The van der Waals surface area contributed by atoms with E-state index in [1.165, 1.54) is 19.6 Å². The smallest absolute Gasteiger partial charge is 0.331 e. The molecule has 7 heteroatoms. The van der Waals surface area contributed by atoms with Crippen LogP contribution in [0.15, 0.2) is 0 Å². The Hall–Kier alpha value is -0.923. The minimum Gasteiger partial charge on any atom is -0.481 e. The van der Waals surface area contributed by atoms with Crippen molar-refractivity contribution >= 4 is 22.4 Å². The van der Waals surface area contributed by atoms with Gasteiger partial charge in [0, 0.05) is 6.42 Å². The van der Waals surface area contributed by atoms with E-state index < -0.39 is 18.0 Å². The third-order valence-corrected chi connectivity index (χ3v) is 3.09. The molecule has 0 aliphatic carbocycles. The molecule has 0 aromatic heterocycles. The lowest BCUT2D eigenvalue weighted by Crippen LogP contribution is -2.23. The predicted octanol–water partition coefficient (Wildman–Crippen LogP) is -0.0505. The van der Waals surface area contributed by atoms with Crippen LogP contribution in [0.25, 0.3) is 0 Å². The van der Waals surface area contributed by atoms with Gasteiger partial charge in [-0.05, 0) is 26.1 Å².